The summed E-state index contributed by atoms with van der Waals surface area (Å²) in [6.07, 6.45) is 1.42. The van der Waals surface area contributed by atoms with Crippen LogP contribution in [0.15, 0.2) is 73.6 Å². The highest BCUT2D eigenvalue weighted by atomic mass is 35.5. The van der Waals surface area contributed by atoms with Crippen molar-refractivity contribution in [3.63, 3.8) is 0 Å². The van der Waals surface area contributed by atoms with Gasteiger partial charge < -0.3 is 13.9 Å². The molecule has 0 amide bonds. The average molecular weight is 432 g/mol. The van der Waals surface area contributed by atoms with Crippen LogP contribution < -0.4 is 0 Å². The summed E-state index contributed by atoms with van der Waals surface area (Å²) >= 11 is 12.9. The number of hydrogen-bond acceptors (Lipinski definition) is 5. The number of hydrogen-bond donors (Lipinski definition) is 1. The number of halogens is 2. The number of benzene rings is 2. The van der Waals surface area contributed by atoms with Crippen molar-refractivity contribution in [3.8, 4) is 11.3 Å². The molecule has 2 aromatic carbocycles. The molecule has 140 valence electrons. The van der Waals surface area contributed by atoms with E-state index in [2.05, 4.69) is 4.98 Å². The van der Waals surface area contributed by atoms with E-state index >= 15 is 0 Å². The fraction of sp³-hybridized carbons (Fsp3) is 0. The van der Waals surface area contributed by atoms with E-state index in [9.17, 15) is 9.90 Å². The maximum Gasteiger partial charge on any atom is 0.342 e. The van der Waals surface area contributed by atoms with Gasteiger partial charge in [-0.3, -0.25) is 0 Å². The molecule has 0 aliphatic rings. The largest absolute Gasteiger partial charge is 0.477 e. The first-order chi connectivity index (χ1) is 13.5. The van der Waals surface area contributed by atoms with E-state index in [-0.39, 0.29) is 10.1 Å². The third-order valence-electron chi connectivity index (χ3n) is 3.79. The predicted molar refractivity (Wildman–Crippen MR) is 110 cm³/mol. The van der Waals surface area contributed by atoms with Gasteiger partial charge in [-0.15, -0.1) is 0 Å². The lowest BCUT2D eigenvalue weighted by atomic mass is 10.2. The molecule has 0 aliphatic heterocycles. The Labute approximate surface area is 173 Å². The van der Waals surface area contributed by atoms with Crippen molar-refractivity contribution in [2.24, 2.45) is 0 Å². The maximum atomic E-state index is 11.6. The molecule has 4 aromatic rings. The summed E-state index contributed by atoms with van der Waals surface area (Å²) in [5.41, 5.74) is 1.99. The number of rotatable bonds is 5. The second kappa shape index (κ2) is 7.75. The lowest BCUT2D eigenvalue weighted by molar-refractivity contribution is -0.131. The molecule has 0 atom stereocenters. The third kappa shape index (κ3) is 3.94. The smallest absolute Gasteiger partial charge is 0.342 e. The molecule has 4 rings (SSSR count). The second-order valence-corrected chi connectivity index (χ2v) is 7.50. The summed E-state index contributed by atoms with van der Waals surface area (Å²) in [6, 6.07) is 15.7. The molecule has 2 aromatic heterocycles. The zero-order valence-electron chi connectivity index (χ0n) is 14.1. The lowest BCUT2D eigenvalue weighted by Gasteiger charge is -2.00. The Morgan fingerprint density at radius 3 is 2.61 bits per heavy atom. The van der Waals surface area contributed by atoms with Crippen molar-refractivity contribution in [1.29, 1.82) is 0 Å². The number of aliphatic carboxylic acids is 1. The molecule has 0 fully saturated rings. The number of aromatic nitrogens is 1. The number of thioether (sulfide) groups is 1. The number of carbonyl (C=O) groups is 1. The molecule has 28 heavy (non-hydrogen) atoms. The van der Waals surface area contributed by atoms with Crippen molar-refractivity contribution in [3.05, 3.63) is 75.3 Å². The molecule has 0 saturated heterocycles. The summed E-state index contributed by atoms with van der Waals surface area (Å²) in [5.74, 6) is -0.191. The molecule has 0 radical (unpaired) electrons. The van der Waals surface area contributed by atoms with E-state index in [4.69, 9.17) is 32.0 Å². The first-order valence-corrected chi connectivity index (χ1v) is 9.60. The van der Waals surface area contributed by atoms with Gasteiger partial charge >= 0.3 is 5.97 Å². The van der Waals surface area contributed by atoms with Crippen LogP contribution in [-0.2, 0) is 4.79 Å². The van der Waals surface area contributed by atoms with Crippen LogP contribution >= 0.6 is 35.0 Å². The van der Waals surface area contributed by atoms with Crippen LogP contribution in [-0.4, -0.2) is 16.1 Å². The SMILES string of the molecule is O=C(O)/C(=C/c1ccc(-c2ccc(Cl)c(Cl)c2)o1)Sc1nc2ccccc2o1. The van der Waals surface area contributed by atoms with E-state index in [1.807, 2.05) is 12.1 Å². The molecule has 0 unspecified atom stereocenters. The van der Waals surface area contributed by atoms with E-state index in [1.165, 1.54) is 6.08 Å². The van der Waals surface area contributed by atoms with Crippen LogP contribution in [0.1, 0.15) is 5.76 Å². The van der Waals surface area contributed by atoms with Crippen LogP contribution in [0.3, 0.4) is 0 Å². The van der Waals surface area contributed by atoms with E-state index in [1.54, 1.807) is 42.5 Å². The Morgan fingerprint density at radius 2 is 1.86 bits per heavy atom. The molecule has 0 aliphatic carbocycles. The average Bonchev–Trinajstić information content (AvgIpc) is 3.29. The summed E-state index contributed by atoms with van der Waals surface area (Å²) < 4.78 is 11.3. The Balaban J connectivity index is 1.62. The van der Waals surface area contributed by atoms with E-state index < -0.39 is 5.97 Å². The summed E-state index contributed by atoms with van der Waals surface area (Å²) in [4.78, 5) is 15.9. The van der Waals surface area contributed by atoms with Gasteiger partial charge in [0, 0.05) is 11.6 Å². The van der Waals surface area contributed by atoms with Crippen molar-refractivity contribution in [1.82, 2.24) is 4.98 Å². The third-order valence-corrected chi connectivity index (χ3v) is 5.39. The van der Waals surface area contributed by atoms with Crippen molar-refractivity contribution < 1.29 is 18.7 Å². The van der Waals surface area contributed by atoms with Gasteiger partial charge in [0.05, 0.1) is 10.0 Å². The predicted octanol–water partition coefficient (Wildman–Crippen LogP) is 6.61. The van der Waals surface area contributed by atoms with Gasteiger partial charge in [0.15, 0.2) is 5.58 Å². The Hall–Kier alpha value is -2.67. The first-order valence-electron chi connectivity index (χ1n) is 8.03. The van der Waals surface area contributed by atoms with Crippen LogP contribution in [0.2, 0.25) is 10.0 Å². The van der Waals surface area contributed by atoms with Gasteiger partial charge in [0.25, 0.3) is 5.22 Å². The highest BCUT2D eigenvalue weighted by molar-refractivity contribution is 8.03. The molecule has 2 heterocycles. The fourth-order valence-corrected chi connectivity index (χ4v) is 3.51. The normalized spacial score (nSPS) is 11.9. The van der Waals surface area contributed by atoms with Gasteiger partial charge in [0.1, 0.15) is 21.9 Å². The topological polar surface area (TPSA) is 76.5 Å². The Kier molecular flexibility index (Phi) is 5.17. The summed E-state index contributed by atoms with van der Waals surface area (Å²) in [7, 11) is 0. The Morgan fingerprint density at radius 1 is 1.04 bits per heavy atom. The van der Waals surface area contributed by atoms with E-state index in [0.717, 1.165) is 17.3 Å². The lowest BCUT2D eigenvalue weighted by Crippen LogP contribution is -1.96. The summed E-state index contributed by atoms with van der Waals surface area (Å²) in [5, 5.41) is 10.6. The molecule has 0 saturated carbocycles. The van der Waals surface area contributed by atoms with Crippen molar-refractivity contribution in [2.45, 2.75) is 5.22 Å². The highest BCUT2D eigenvalue weighted by Gasteiger charge is 2.16. The number of nitrogens with zero attached hydrogens (tertiary/aromatic N) is 1. The minimum absolute atomic E-state index is 0.0154. The van der Waals surface area contributed by atoms with Crippen LogP contribution in [0.5, 0.6) is 0 Å². The number of carboxylic acids is 1. The molecule has 0 spiro atoms. The maximum absolute atomic E-state index is 11.6. The highest BCUT2D eigenvalue weighted by Crippen LogP contribution is 2.33. The number of furan rings is 1. The molecule has 8 heteroatoms. The minimum Gasteiger partial charge on any atom is -0.477 e. The standard InChI is InChI=1S/C20H11Cl2NO4S/c21-13-7-5-11(9-14(13)22)16-8-6-12(26-16)10-18(19(24)25)28-20-23-15-3-1-2-4-17(15)27-20/h1-10H,(H,24,25)/b18-10-. The zero-order chi connectivity index (χ0) is 19.7. The number of fused-ring (bicyclic) bond motifs is 1. The molecular formula is C20H11Cl2NO4S. The van der Waals surface area contributed by atoms with Gasteiger partial charge in [-0.05, 0) is 54.2 Å². The van der Waals surface area contributed by atoms with Gasteiger partial charge in [-0.2, -0.15) is 0 Å². The van der Waals surface area contributed by atoms with E-state index in [0.29, 0.717) is 32.7 Å². The quantitative estimate of drug-likeness (QED) is 0.282. The molecular weight excluding hydrogens is 421 g/mol. The van der Waals surface area contributed by atoms with Gasteiger partial charge in [-0.25, -0.2) is 9.78 Å². The molecule has 5 nitrogen and oxygen atoms in total. The van der Waals surface area contributed by atoms with Crippen LogP contribution in [0, 0.1) is 0 Å². The second-order valence-electron chi connectivity index (χ2n) is 5.69. The number of para-hydroxylation sites is 2. The van der Waals surface area contributed by atoms with Gasteiger partial charge in [-0.1, -0.05) is 35.3 Å². The number of carboxylic acid groups (broad SMARTS) is 1. The minimum atomic E-state index is -1.11. The zero-order valence-corrected chi connectivity index (χ0v) is 16.4. The summed E-state index contributed by atoms with van der Waals surface area (Å²) in [6.45, 7) is 0. The van der Waals surface area contributed by atoms with Gasteiger partial charge in [0.2, 0.25) is 0 Å². The van der Waals surface area contributed by atoms with Crippen LogP contribution in [0.4, 0.5) is 0 Å². The first kappa shape index (κ1) is 18.7. The van der Waals surface area contributed by atoms with Crippen molar-refractivity contribution in [2.75, 3.05) is 0 Å². The van der Waals surface area contributed by atoms with Crippen LogP contribution in [0.25, 0.3) is 28.5 Å². The monoisotopic (exact) mass is 431 g/mol. The van der Waals surface area contributed by atoms with Crippen molar-refractivity contribution >= 4 is 58.1 Å². The number of oxazole rings is 1. The molecule has 1 N–H and O–H groups in total. The fourth-order valence-electron chi connectivity index (χ4n) is 2.49. The Bertz CT molecular complexity index is 1180. The molecule has 0 bridgehead atoms.